The molecule has 2 rings (SSSR count). The number of nitrogens with two attached hydrogens (primary N) is 1. The largest absolute Gasteiger partial charge is 0.478 e. The normalized spacial score (nSPS) is 12.0. The number of sulfonamides is 1. The maximum Gasteiger partial charge on any atom is 0.335 e. The van der Waals surface area contributed by atoms with Gasteiger partial charge in [-0.05, 0) is 48.5 Å². The molecule has 2 aromatic rings. The fourth-order valence-corrected chi connectivity index (χ4v) is 3.30. The van der Waals surface area contributed by atoms with Crippen LogP contribution in [-0.2, 0) is 14.8 Å². The fraction of sp³-hybridized carbons (Fsp3) is 0.118. The Hall–Kier alpha value is -3.42. The molecule has 140 valence electrons. The van der Waals surface area contributed by atoms with E-state index < -0.39 is 34.4 Å². The van der Waals surface area contributed by atoms with Gasteiger partial charge in [0.25, 0.3) is 0 Å². The third-order valence-electron chi connectivity index (χ3n) is 3.50. The van der Waals surface area contributed by atoms with Gasteiger partial charge in [-0.25, -0.2) is 13.2 Å². The van der Waals surface area contributed by atoms with E-state index in [-0.39, 0.29) is 16.1 Å². The van der Waals surface area contributed by atoms with Crippen molar-refractivity contribution in [2.24, 2.45) is 0 Å². The number of carboxylic acids is 1. The highest BCUT2D eigenvalue weighted by molar-refractivity contribution is 7.89. The van der Waals surface area contributed by atoms with Crippen LogP contribution in [0.2, 0.25) is 0 Å². The van der Waals surface area contributed by atoms with E-state index in [0.29, 0.717) is 5.69 Å². The number of nitrogen functional groups attached to an aromatic ring is 1. The van der Waals surface area contributed by atoms with Crippen molar-refractivity contribution in [3.05, 3.63) is 54.1 Å². The Morgan fingerprint density at radius 1 is 1.11 bits per heavy atom. The van der Waals surface area contributed by atoms with Crippen molar-refractivity contribution in [1.29, 1.82) is 5.26 Å². The van der Waals surface area contributed by atoms with Crippen molar-refractivity contribution in [3.63, 3.8) is 0 Å². The van der Waals surface area contributed by atoms with Crippen LogP contribution in [0, 0.1) is 11.3 Å². The van der Waals surface area contributed by atoms with Crippen LogP contribution in [0.5, 0.6) is 0 Å². The van der Waals surface area contributed by atoms with Crippen LogP contribution >= 0.6 is 0 Å². The molecule has 0 fully saturated rings. The van der Waals surface area contributed by atoms with Crippen molar-refractivity contribution in [2.45, 2.75) is 17.4 Å². The summed E-state index contributed by atoms with van der Waals surface area (Å²) in [4.78, 5) is 23.1. The first kappa shape index (κ1) is 19.9. The molecule has 0 radical (unpaired) electrons. The summed E-state index contributed by atoms with van der Waals surface area (Å²) in [5, 5.41) is 20.2. The molecule has 0 spiro atoms. The summed E-state index contributed by atoms with van der Waals surface area (Å²) in [6, 6.07) is 11.1. The first-order valence-electron chi connectivity index (χ1n) is 7.62. The average Bonchev–Trinajstić information content (AvgIpc) is 2.62. The molecule has 0 aliphatic rings. The lowest BCUT2D eigenvalue weighted by molar-refractivity contribution is -0.117. The highest BCUT2D eigenvalue weighted by atomic mass is 32.2. The highest BCUT2D eigenvalue weighted by Crippen LogP contribution is 2.14. The molecule has 5 N–H and O–H groups in total. The van der Waals surface area contributed by atoms with Crippen LogP contribution in [0.3, 0.4) is 0 Å². The molecule has 0 bridgehead atoms. The van der Waals surface area contributed by atoms with Crippen LogP contribution in [0.4, 0.5) is 11.4 Å². The number of nitrogens with one attached hydrogen (secondary N) is 2. The number of nitrogens with zero attached hydrogens (tertiary/aromatic N) is 1. The van der Waals surface area contributed by atoms with Gasteiger partial charge in [0.2, 0.25) is 15.9 Å². The van der Waals surface area contributed by atoms with E-state index in [1.165, 1.54) is 48.5 Å². The number of amides is 1. The second-order valence-electron chi connectivity index (χ2n) is 5.48. The minimum Gasteiger partial charge on any atom is -0.478 e. The molecule has 10 heteroatoms. The molecule has 0 heterocycles. The molecular formula is C17H16N4O5S. The van der Waals surface area contributed by atoms with Gasteiger partial charge < -0.3 is 16.2 Å². The fourth-order valence-electron chi connectivity index (χ4n) is 2.11. The van der Waals surface area contributed by atoms with Gasteiger partial charge in [-0.15, -0.1) is 0 Å². The molecule has 2 aromatic carbocycles. The summed E-state index contributed by atoms with van der Waals surface area (Å²) in [6.45, 7) is 0. The number of carboxylic acid groups (broad SMARTS) is 1. The Balaban J connectivity index is 2.15. The van der Waals surface area contributed by atoms with E-state index in [1.54, 1.807) is 6.07 Å². The second kappa shape index (κ2) is 8.31. The van der Waals surface area contributed by atoms with E-state index >= 15 is 0 Å². The number of benzene rings is 2. The summed E-state index contributed by atoms with van der Waals surface area (Å²) < 4.78 is 27.0. The first-order valence-corrected chi connectivity index (χ1v) is 9.10. The molecule has 9 nitrogen and oxygen atoms in total. The molecule has 0 unspecified atom stereocenters. The van der Waals surface area contributed by atoms with Crippen molar-refractivity contribution < 1.29 is 23.1 Å². The van der Waals surface area contributed by atoms with Crippen molar-refractivity contribution in [2.75, 3.05) is 11.1 Å². The van der Waals surface area contributed by atoms with Crippen LogP contribution in [0.25, 0.3) is 0 Å². The summed E-state index contributed by atoms with van der Waals surface area (Å²) in [7, 11) is -4.05. The van der Waals surface area contributed by atoms with Crippen molar-refractivity contribution in [1.82, 2.24) is 4.72 Å². The zero-order valence-corrected chi connectivity index (χ0v) is 14.7. The molecule has 1 atom stereocenters. The summed E-state index contributed by atoms with van der Waals surface area (Å²) in [6.07, 6.45) is -0.396. The Bertz CT molecular complexity index is 979. The van der Waals surface area contributed by atoms with E-state index in [2.05, 4.69) is 10.0 Å². The van der Waals surface area contributed by atoms with Gasteiger partial charge in [0, 0.05) is 11.4 Å². The Morgan fingerprint density at radius 2 is 1.70 bits per heavy atom. The first-order chi connectivity index (χ1) is 12.7. The Morgan fingerprint density at radius 3 is 2.22 bits per heavy atom. The van der Waals surface area contributed by atoms with Crippen LogP contribution in [-0.4, -0.2) is 31.4 Å². The number of carbonyl (C=O) groups is 2. The van der Waals surface area contributed by atoms with Gasteiger partial charge in [-0.3, -0.25) is 4.79 Å². The van der Waals surface area contributed by atoms with Gasteiger partial charge in [0.15, 0.2) is 0 Å². The van der Waals surface area contributed by atoms with Gasteiger partial charge in [-0.1, -0.05) is 0 Å². The summed E-state index contributed by atoms with van der Waals surface area (Å²) in [5.74, 6) is -1.87. The monoisotopic (exact) mass is 388 g/mol. The zero-order valence-electron chi connectivity index (χ0n) is 13.9. The maximum atomic E-state index is 12.4. The predicted octanol–water partition coefficient (Wildman–Crippen LogP) is 1.17. The number of nitriles is 1. The predicted molar refractivity (Wildman–Crippen MR) is 97.2 cm³/mol. The topological polar surface area (TPSA) is 162 Å². The standard InChI is InChI=1S/C17H16N4O5S/c18-10-9-15(21-27(25,26)14-7-3-12(19)4-8-14)16(22)20-13-5-1-11(2-6-13)17(23)24/h1-8,15,21H,9,19H2,(H,20,22)(H,23,24)/t15-/m0/s1. The Labute approximate surface area is 155 Å². The van der Waals surface area contributed by atoms with Crippen LogP contribution < -0.4 is 15.8 Å². The van der Waals surface area contributed by atoms with Gasteiger partial charge in [-0.2, -0.15) is 9.98 Å². The third kappa shape index (κ3) is 5.27. The zero-order chi connectivity index (χ0) is 20.0. The molecule has 0 aliphatic heterocycles. The minimum absolute atomic E-state index is 0.0330. The molecule has 1 amide bonds. The number of hydrogen-bond donors (Lipinski definition) is 4. The Kier molecular flexibility index (Phi) is 6.12. The SMILES string of the molecule is N#CC[C@H](NS(=O)(=O)c1ccc(N)cc1)C(=O)Nc1ccc(C(=O)O)cc1. The van der Waals surface area contributed by atoms with Gasteiger partial charge >= 0.3 is 5.97 Å². The van der Waals surface area contributed by atoms with Crippen molar-refractivity contribution >= 4 is 33.3 Å². The van der Waals surface area contributed by atoms with Crippen LogP contribution in [0.15, 0.2) is 53.4 Å². The number of rotatable bonds is 7. The molecule has 0 aromatic heterocycles. The highest BCUT2D eigenvalue weighted by Gasteiger charge is 2.25. The molecular weight excluding hydrogens is 372 g/mol. The minimum atomic E-state index is -4.05. The smallest absolute Gasteiger partial charge is 0.335 e. The molecule has 27 heavy (non-hydrogen) atoms. The van der Waals surface area contributed by atoms with Crippen molar-refractivity contribution in [3.8, 4) is 6.07 Å². The summed E-state index contributed by atoms with van der Waals surface area (Å²) in [5.41, 5.74) is 6.20. The van der Waals surface area contributed by atoms with Gasteiger partial charge in [0.1, 0.15) is 6.04 Å². The third-order valence-corrected chi connectivity index (χ3v) is 4.99. The van der Waals surface area contributed by atoms with E-state index in [1.807, 2.05) is 0 Å². The summed E-state index contributed by atoms with van der Waals surface area (Å²) >= 11 is 0. The van der Waals surface area contributed by atoms with E-state index in [4.69, 9.17) is 16.1 Å². The maximum absolute atomic E-state index is 12.4. The number of aromatic carboxylic acids is 1. The number of anilines is 2. The molecule has 0 saturated heterocycles. The van der Waals surface area contributed by atoms with Crippen LogP contribution in [0.1, 0.15) is 16.8 Å². The molecule has 0 saturated carbocycles. The quantitative estimate of drug-likeness (QED) is 0.517. The second-order valence-corrected chi connectivity index (χ2v) is 7.19. The van der Waals surface area contributed by atoms with E-state index in [9.17, 15) is 18.0 Å². The number of hydrogen-bond acceptors (Lipinski definition) is 6. The average molecular weight is 388 g/mol. The lowest BCUT2D eigenvalue weighted by Crippen LogP contribution is -2.43. The number of carbonyl (C=O) groups excluding carboxylic acids is 1. The van der Waals surface area contributed by atoms with Gasteiger partial charge in [0.05, 0.1) is 22.9 Å². The van der Waals surface area contributed by atoms with E-state index in [0.717, 1.165) is 0 Å². The molecule has 0 aliphatic carbocycles. The lowest BCUT2D eigenvalue weighted by atomic mass is 10.2. The lowest BCUT2D eigenvalue weighted by Gasteiger charge is -2.16.